The summed E-state index contributed by atoms with van der Waals surface area (Å²) >= 11 is 0. The van der Waals surface area contributed by atoms with Crippen LogP contribution in [0, 0.1) is 0 Å². The molecule has 0 bridgehead atoms. The number of benzene rings is 1. The van der Waals surface area contributed by atoms with Crippen molar-refractivity contribution < 1.29 is 14.4 Å². The Kier molecular flexibility index (Phi) is 8.21. The number of carbonyl (C=O) groups excluding carboxylic acids is 3. The summed E-state index contributed by atoms with van der Waals surface area (Å²) in [4.78, 5) is 36.4. The molecule has 1 fully saturated rings. The fraction of sp³-hybridized carbons (Fsp3) is 0.438. The van der Waals surface area contributed by atoms with Crippen molar-refractivity contribution in [1.82, 2.24) is 20.9 Å². The van der Waals surface area contributed by atoms with Crippen LogP contribution in [-0.2, 0) is 11.3 Å². The Labute approximate surface area is 147 Å². The van der Waals surface area contributed by atoms with Gasteiger partial charge in [0.15, 0.2) is 0 Å². The highest BCUT2D eigenvalue weighted by Gasteiger charge is 2.28. The van der Waals surface area contributed by atoms with Crippen LogP contribution in [0.3, 0.4) is 0 Å². The van der Waals surface area contributed by atoms with Crippen LogP contribution in [0.15, 0.2) is 24.3 Å². The molecule has 0 radical (unpaired) electrons. The summed E-state index contributed by atoms with van der Waals surface area (Å²) in [5.74, 6) is -0.422. The lowest BCUT2D eigenvalue weighted by molar-refractivity contribution is -0.125. The number of urea groups is 1. The maximum Gasteiger partial charge on any atom is 0.324 e. The van der Waals surface area contributed by atoms with Crippen LogP contribution >= 0.6 is 12.4 Å². The largest absolute Gasteiger partial charge is 0.351 e. The van der Waals surface area contributed by atoms with Crippen LogP contribution in [0.25, 0.3) is 0 Å². The van der Waals surface area contributed by atoms with Crippen molar-refractivity contribution in [2.45, 2.75) is 19.9 Å². The second-order valence-electron chi connectivity index (χ2n) is 5.34. The van der Waals surface area contributed by atoms with E-state index in [0.717, 1.165) is 30.0 Å². The molecule has 7 nitrogen and oxygen atoms in total. The van der Waals surface area contributed by atoms with Gasteiger partial charge in [0.2, 0.25) is 5.91 Å². The molecule has 0 spiro atoms. The molecule has 0 aliphatic carbocycles. The van der Waals surface area contributed by atoms with Gasteiger partial charge >= 0.3 is 6.03 Å². The summed E-state index contributed by atoms with van der Waals surface area (Å²) in [6, 6.07) is 6.56. The van der Waals surface area contributed by atoms with Gasteiger partial charge in [0.25, 0.3) is 5.91 Å². The predicted molar refractivity (Wildman–Crippen MR) is 93.1 cm³/mol. The van der Waals surface area contributed by atoms with E-state index in [9.17, 15) is 14.4 Å². The first-order chi connectivity index (χ1) is 11.1. The van der Waals surface area contributed by atoms with E-state index in [4.69, 9.17) is 0 Å². The van der Waals surface area contributed by atoms with E-state index in [0.29, 0.717) is 12.1 Å². The fourth-order valence-electron chi connectivity index (χ4n) is 2.28. The van der Waals surface area contributed by atoms with E-state index in [2.05, 4.69) is 22.9 Å². The number of nitrogens with zero attached hydrogens (tertiary/aromatic N) is 1. The first-order valence-corrected chi connectivity index (χ1v) is 7.78. The van der Waals surface area contributed by atoms with E-state index in [-0.39, 0.29) is 37.3 Å². The molecule has 1 aromatic rings. The first kappa shape index (κ1) is 19.9. The van der Waals surface area contributed by atoms with E-state index < -0.39 is 6.03 Å². The Morgan fingerprint density at radius 1 is 1.25 bits per heavy atom. The SMILES string of the molecule is CCCNCCNC(=O)c1cccc(CN2C(=O)CNC2=O)c1.Cl. The van der Waals surface area contributed by atoms with E-state index in [1.165, 1.54) is 0 Å². The minimum atomic E-state index is -0.396. The number of nitrogens with one attached hydrogen (secondary N) is 3. The second kappa shape index (κ2) is 9.89. The average Bonchev–Trinajstić information content (AvgIpc) is 2.87. The van der Waals surface area contributed by atoms with Crippen molar-refractivity contribution in [1.29, 1.82) is 0 Å². The third kappa shape index (κ3) is 5.50. The summed E-state index contributed by atoms with van der Waals surface area (Å²) in [6.45, 7) is 4.49. The van der Waals surface area contributed by atoms with Crippen molar-refractivity contribution in [2.24, 2.45) is 0 Å². The molecule has 1 aromatic carbocycles. The Morgan fingerprint density at radius 2 is 2.04 bits per heavy atom. The molecule has 132 valence electrons. The minimum Gasteiger partial charge on any atom is -0.351 e. The molecule has 0 atom stereocenters. The lowest BCUT2D eigenvalue weighted by Gasteiger charge is -2.13. The van der Waals surface area contributed by atoms with Gasteiger partial charge in [-0.05, 0) is 30.7 Å². The molecule has 4 amide bonds. The standard InChI is InChI=1S/C16H22N4O3.ClH/c1-2-6-17-7-8-18-15(22)13-5-3-4-12(9-13)11-20-14(21)10-19-16(20)23;/h3-5,9,17H,2,6-8,10-11H2,1H3,(H,18,22)(H,19,23);1H. The molecule has 8 heteroatoms. The van der Waals surface area contributed by atoms with Gasteiger partial charge in [0.1, 0.15) is 0 Å². The van der Waals surface area contributed by atoms with Crippen LogP contribution < -0.4 is 16.0 Å². The van der Waals surface area contributed by atoms with Gasteiger partial charge in [-0.3, -0.25) is 14.5 Å². The van der Waals surface area contributed by atoms with Gasteiger partial charge in [-0.15, -0.1) is 12.4 Å². The highest BCUT2D eigenvalue weighted by atomic mass is 35.5. The smallest absolute Gasteiger partial charge is 0.324 e. The lowest BCUT2D eigenvalue weighted by atomic mass is 10.1. The monoisotopic (exact) mass is 354 g/mol. The van der Waals surface area contributed by atoms with Gasteiger partial charge in [-0.2, -0.15) is 0 Å². The van der Waals surface area contributed by atoms with E-state index >= 15 is 0 Å². The lowest BCUT2D eigenvalue weighted by Crippen LogP contribution is -2.32. The number of hydrogen-bond donors (Lipinski definition) is 3. The number of halogens is 1. The number of hydrogen-bond acceptors (Lipinski definition) is 4. The third-order valence-corrected chi connectivity index (χ3v) is 3.48. The molecule has 2 rings (SSSR count). The zero-order valence-electron chi connectivity index (χ0n) is 13.6. The molecule has 24 heavy (non-hydrogen) atoms. The second-order valence-corrected chi connectivity index (χ2v) is 5.34. The maximum atomic E-state index is 12.1. The van der Waals surface area contributed by atoms with E-state index in [1.807, 2.05) is 0 Å². The molecule has 1 aliphatic rings. The summed E-state index contributed by atoms with van der Waals surface area (Å²) in [6.07, 6.45) is 1.05. The van der Waals surface area contributed by atoms with Crippen LogP contribution in [0.2, 0.25) is 0 Å². The van der Waals surface area contributed by atoms with Gasteiger partial charge in [0.05, 0.1) is 13.1 Å². The fourth-order valence-corrected chi connectivity index (χ4v) is 2.28. The van der Waals surface area contributed by atoms with Crippen molar-refractivity contribution in [3.05, 3.63) is 35.4 Å². The zero-order valence-corrected chi connectivity index (χ0v) is 14.4. The van der Waals surface area contributed by atoms with Crippen LogP contribution in [0.4, 0.5) is 4.79 Å². The molecule has 1 saturated heterocycles. The highest BCUT2D eigenvalue weighted by molar-refractivity contribution is 6.02. The minimum absolute atomic E-state index is 0. The molecule has 0 saturated carbocycles. The first-order valence-electron chi connectivity index (χ1n) is 7.78. The number of carbonyl (C=O) groups is 3. The molecule has 1 heterocycles. The zero-order chi connectivity index (χ0) is 16.7. The van der Waals surface area contributed by atoms with Crippen molar-refractivity contribution in [3.63, 3.8) is 0 Å². The highest BCUT2D eigenvalue weighted by Crippen LogP contribution is 2.11. The number of imide groups is 1. The Morgan fingerprint density at radius 3 is 2.71 bits per heavy atom. The topological polar surface area (TPSA) is 90.5 Å². The van der Waals surface area contributed by atoms with Gasteiger partial charge < -0.3 is 16.0 Å². The Bertz CT molecular complexity index is 578. The molecule has 3 N–H and O–H groups in total. The van der Waals surface area contributed by atoms with Gasteiger partial charge in [-0.25, -0.2) is 4.79 Å². The van der Waals surface area contributed by atoms with Gasteiger partial charge in [0, 0.05) is 18.7 Å². The number of rotatable bonds is 8. The number of amides is 4. The molecule has 0 aromatic heterocycles. The summed E-state index contributed by atoms with van der Waals surface area (Å²) in [5.41, 5.74) is 1.26. The summed E-state index contributed by atoms with van der Waals surface area (Å²) in [7, 11) is 0. The molecule has 0 unspecified atom stereocenters. The maximum absolute atomic E-state index is 12.1. The quantitative estimate of drug-likeness (QED) is 0.477. The van der Waals surface area contributed by atoms with Crippen LogP contribution in [0.5, 0.6) is 0 Å². The molecule has 1 aliphatic heterocycles. The summed E-state index contributed by atoms with van der Waals surface area (Å²) < 4.78 is 0. The normalized spacial score (nSPS) is 13.5. The average molecular weight is 355 g/mol. The van der Waals surface area contributed by atoms with E-state index in [1.54, 1.807) is 24.3 Å². The molecular formula is C16H23ClN4O3. The molecular weight excluding hydrogens is 332 g/mol. The van der Waals surface area contributed by atoms with Gasteiger partial charge in [-0.1, -0.05) is 19.1 Å². The summed E-state index contributed by atoms with van der Waals surface area (Å²) in [5, 5.41) is 8.52. The van der Waals surface area contributed by atoms with Crippen molar-refractivity contribution in [3.8, 4) is 0 Å². The van der Waals surface area contributed by atoms with Crippen molar-refractivity contribution >= 4 is 30.3 Å². The Balaban J connectivity index is 0.00000288. The third-order valence-electron chi connectivity index (χ3n) is 3.48. The predicted octanol–water partition coefficient (Wildman–Crippen LogP) is 0.890. The Hall–Kier alpha value is -2.12. The van der Waals surface area contributed by atoms with Crippen LogP contribution in [0.1, 0.15) is 29.3 Å². The van der Waals surface area contributed by atoms with Crippen molar-refractivity contribution in [2.75, 3.05) is 26.2 Å². The van der Waals surface area contributed by atoms with Crippen LogP contribution in [-0.4, -0.2) is 48.9 Å².